The van der Waals surface area contributed by atoms with Crippen molar-refractivity contribution in [2.45, 2.75) is 145 Å². The van der Waals surface area contributed by atoms with Gasteiger partial charge in [-0.25, -0.2) is 4.98 Å². The van der Waals surface area contributed by atoms with Gasteiger partial charge in [0.15, 0.2) is 17.3 Å². The number of nitrogens with one attached hydrogen (secondary N) is 12. The highest BCUT2D eigenvalue weighted by molar-refractivity contribution is 8.76. The summed E-state index contributed by atoms with van der Waals surface area (Å²) in [6.45, 7) is 12.2. The largest absolute Gasteiger partial charge is 0.506 e. The fraction of sp³-hybridized carbons (Fsp3) is 0.621. The van der Waals surface area contributed by atoms with Crippen molar-refractivity contribution in [3.63, 3.8) is 0 Å². The Hall–Kier alpha value is -6.58. The number of ketones is 3. The molecule has 0 spiro atoms. The second-order valence-corrected chi connectivity index (χ2v) is 29.6. The number of phenolic OH excluding ortho intramolecular Hbond substituents is 1. The molecule has 31 heteroatoms. The third-order valence-corrected chi connectivity index (χ3v) is 20.5. The SMILES string of the molecule is CC(C)C[C@@H]1CC(=O)[C@H](CC(=O)O)NC(=O)[C@H](Cc2ccc(O)c(Cl)c2)CC(=O)[C@@H]2C[C@@H](O)CN2C(=O)[C@@H](NC(=O)[C@@H](CC(=O)[C@H](Cc2ccccc2)NC(=O)CCCC(=O)NC23CNCCNCC(N)(CNCCNC2)CNCCNC3)c2cnc[nH]2)CSSC[C@@H](C)NC1=O. The first-order chi connectivity index (χ1) is 46.4. The molecule has 0 aliphatic carbocycles. The van der Waals surface area contributed by atoms with Crippen LogP contribution >= 0.6 is 33.2 Å². The Morgan fingerprint density at radius 1 is 0.784 bits per heavy atom. The maximum Gasteiger partial charge on any atom is 0.305 e. The quantitative estimate of drug-likeness (QED) is 0.0638. The molecular formula is C66H98ClN15O13S2. The summed E-state index contributed by atoms with van der Waals surface area (Å²) in [6.07, 6.45) is -1.06. The summed E-state index contributed by atoms with van der Waals surface area (Å²) in [4.78, 5) is 151. The van der Waals surface area contributed by atoms with E-state index in [1.165, 1.54) is 52.3 Å². The van der Waals surface area contributed by atoms with Gasteiger partial charge in [-0.3, -0.25) is 47.9 Å². The minimum atomic E-state index is -1.62. The van der Waals surface area contributed by atoms with Crippen molar-refractivity contribution in [1.29, 1.82) is 0 Å². The third kappa shape index (κ3) is 25.3. The maximum absolute atomic E-state index is 15.2. The van der Waals surface area contributed by atoms with Gasteiger partial charge in [-0.15, -0.1) is 0 Å². The molecule has 28 nitrogen and oxygen atoms in total. The standard InChI is InChI=1S/C66H98ClN15O13S2/c1-40(2)20-44-24-55(85)50(28-60(90)91)79-62(93)45(21-43-12-13-54(84)48(67)22-43)25-57(87)53-26-46(83)30-82(53)64(95)52(32-97-96-31-41(3)77-61(44)92)80-63(94)47(51-29-75-39-76-51)27-56(86)49(23-42-8-5-4-6-9-42)78-58(88)10-7-11-59(89)81-66-36-72-17-14-69-33-65(68,34-70-15-18-73-37-66)35-71-16-19-74-38-66/h4-6,8-9,12-13,22,29,39-41,44-47,49-50,52-53,69-74,83-84H,7,10-11,14-21,23-28,30-38,68H2,1-3H3,(H,75,76)(H,77,92)(H,78,88)(H,79,93)(H,80,94)(H,81,89)(H,90,91)/t41-,44-,45-,46-,47+,49+,50+,52+,53+,65?,66?/m1/s1. The highest BCUT2D eigenvalue weighted by atomic mass is 35.5. The number of aromatic hydroxyl groups is 1. The number of phenols is 1. The van der Waals surface area contributed by atoms with Crippen molar-refractivity contribution in [1.82, 2.24) is 73.4 Å². The van der Waals surface area contributed by atoms with E-state index in [4.69, 9.17) is 17.3 Å². The molecule has 17 N–H and O–H groups in total. The number of rotatable bonds is 20. The predicted octanol–water partition coefficient (Wildman–Crippen LogP) is -0.428. The van der Waals surface area contributed by atoms with Gasteiger partial charge in [0.2, 0.25) is 35.4 Å². The monoisotopic (exact) mass is 1410 g/mol. The van der Waals surface area contributed by atoms with Gasteiger partial charge in [-0.1, -0.05) is 83.4 Å². The van der Waals surface area contributed by atoms with Gasteiger partial charge in [0.1, 0.15) is 11.8 Å². The highest BCUT2D eigenvalue weighted by Gasteiger charge is 2.44. The first-order valence-electron chi connectivity index (χ1n) is 33.5. The number of Topliss-reactive ketones (excluding diaryl/α,β-unsaturated/α-hetero) is 3. The van der Waals surface area contributed by atoms with Crippen LogP contribution in [0.25, 0.3) is 0 Å². The van der Waals surface area contributed by atoms with E-state index in [1.807, 2.05) is 19.9 Å². The minimum absolute atomic E-state index is 0.00234. The number of halogens is 1. The molecule has 5 saturated heterocycles. The van der Waals surface area contributed by atoms with Crippen molar-refractivity contribution in [2.75, 3.05) is 96.6 Å². The first kappa shape index (κ1) is 77.8. The zero-order valence-corrected chi connectivity index (χ0v) is 57.9. The minimum Gasteiger partial charge on any atom is -0.506 e. The van der Waals surface area contributed by atoms with E-state index in [1.54, 1.807) is 31.2 Å². The van der Waals surface area contributed by atoms with E-state index in [-0.39, 0.29) is 91.3 Å². The average Bonchev–Trinajstić information content (AvgIpc) is 1.72. The van der Waals surface area contributed by atoms with E-state index in [0.717, 1.165) is 4.90 Å². The van der Waals surface area contributed by atoms with Crippen LogP contribution in [-0.4, -0.2) is 233 Å². The lowest BCUT2D eigenvalue weighted by Crippen LogP contribution is -2.67. The number of aliphatic hydroxyl groups excluding tert-OH is 1. The average molecular weight is 1410 g/mol. The van der Waals surface area contributed by atoms with E-state index >= 15 is 9.59 Å². The Morgan fingerprint density at radius 2 is 1.39 bits per heavy atom. The summed E-state index contributed by atoms with van der Waals surface area (Å²) >= 11 is 6.28. The van der Waals surface area contributed by atoms with Gasteiger partial charge in [-0.05, 0) is 61.8 Å². The molecule has 534 valence electrons. The number of nitrogens with two attached hydrogens (primary N) is 1. The van der Waals surface area contributed by atoms with Crippen molar-refractivity contribution >= 4 is 92.0 Å². The number of nitrogens with zero attached hydrogens (tertiary/aromatic N) is 2. The molecule has 2 aromatic carbocycles. The molecule has 2 bridgehead atoms. The first-order valence-corrected chi connectivity index (χ1v) is 36.3. The Bertz CT molecular complexity index is 3090. The van der Waals surface area contributed by atoms with Crippen molar-refractivity contribution < 1.29 is 63.3 Å². The van der Waals surface area contributed by atoms with Crippen LogP contribution in [0.3, 0.4) is 0 Å². The summed E-state index contributed by atoms with van der Waals surface area (Å²) in [5.74, 6) is -10.9. The van der Waals surface area contributed by atoms with Crippen LogP contribution in [0.1, 0.15) is 101 Å². The molecule has 1 aromatic heterocycles. The van der Waals surface area contributed by atoms with E-state index < -0.39 is 144 Å². The summed E-state index contributed by atoms with van der Waals surface area (Å²) in [5.41, 5.74) is 6.84. The van der Waals surface area contributed by atoms with Gasteiger partial charge in [0, 0.05) is 165 Å². The lowest BCUT2D eigenvalue weighted by molar-refractivity contribution is -0.142. The second kappa shape index (κ2) is 38.7. The molecule has 5 aliphatic heterocycles. The number of benzene rings is 2. The van der Waals surface area contributed by atoms with Crippen LogP contribution in [-0.2, 0) is 60.8 Å². The van der Waals surface area contributed by atoms with Crippen molar-refractivity contribution in [2.24, 2.45) is 23.5 Å². The van der Waals surface area contributed by atoms with E-state index in [2.05, 4.69) is 68.5 Å². The lowest BCUT2D eigenvalue weighted by atomic mass is 9.88. The number of aromatic nitrogens is 2. The van der Waals surface area contributed by atoms with Crippen LogP contribution in [0.4, 0.5) is 0 Å². The number of hydrogen-bond acceptors (Lipinski definition) is 22. The molecule has 97 heavy (non-hydrogen) atoms. The molecule has 3 aromatic rings. The Labute approximate surface area is 579 Å². The molecule has 0 radical (unpaired) electrons. The van der Waals surface area contributed by atoms with Crippen LogP contribution < -0.4 is 64.2 Å². The fourth-order valence-electron chi connectivity index (χ4n) is 12.5. The molecule has 6 amide bonds. The number of carbonyl (C=O) groups is 10. The Kier molecular flexibility index (Phi) is 31.0. The normalized spacial score (nSPS) is 26.6. The smallest absolute Gasteiger partial charge is 0.305 e. The topological polar surface area (TPSA) is 422 Å². The third-order valence-electron chi connectivity index (χ3n) is 17.6. The number of imidazole rings is 1. The van der Waals surface area contributed by atoms with Gasteiger partial charge >= 0.3 is 5.97 Å². The number of fused-ring (bicyclic) bond motifs is 16. The number of carboxylic acid groups (broad SMARTS) is 1. The number of amides is 6. The summed E-state index contributed by atoms with van der Waals surface area (Å²) in [6, 6.07) is 7.05. The summed E-state index contributed by atoms with van der Waals surface area (Å²) in [5, 5.41) is 66.8. The number of carboxylic acids is 1. The molecule has 6 heterocycles. The number of hydrogen-bond donors (Lipinski definition) is 16. The number of aromatic amines is 1. The van der Waals surface area contributed by atoms with Crippen LogP contribution in [0.15, 0.2) is 61.1 Å². The summed E-state index contributed by atoms with van der Waals surface area (Å²) < 4.78 is 0. The van der Waals surface area contributed by atoms with Gasteiger partial charge in [-0.2, -0.15) is 0 Å². The lowest BCUT2D eigenvalue weighted by Gasteiger charge is -2.37. The number of aliphatic hydroxyl groups is 1. The van der Waals surface area contributed by atoms with Gasteiger partial charge in [0.25, 0.3) is 0 Å². The number of aliphatic carboxylic acids is 1. The predicted molar refractivity (Wildman–Crippen MR) is 369 cm³/mol. The number of carbonyl (C=O) groups excluding carboxylic acids is 9. The molecule has 8 rings (SSSR count). The van der Waals surface area contributed by atoms with Crippen LogP contribution in [0.2, 0.25) is 5.02 Å². The maximum atomic E-state index is 15.2. The van der Waals surface area contributed by atoms with E-state index in [9.17, 15) is 53.7 Å². The molecule has 9 atom stereocenters. The molecule has 5 fully saturated rings. The number of H-pyrrole nitrogens is 1. The van der Waals surface area contributed by atoms with Crippen LogP contribution in [0.5, 0.6) is 5.75 Å². The van der Waals surface area contributed by atoms with Gasteiger partial charge in [0.05, 0.1) is 59.0 Å². The second-order valence-electron chi connectivity index (χ2n) is 26.6. The Balaban J connectivity index is 1.10. The van der Waals surface area contributed by atoms with Crippen LogP contribution in [0, 0.1) is 17.8 Å². The molecule has 0 unspecified atom stereocenters. The zero-order chi connectivity index (χ0) is 70.1. The summed E-state index contributed by atoms with van der Waals surface area (Å²) in [7, 11) is 2.43. The fourth-order valence-corrected chi connectivity index (χ4v) is 15.2. The highest BCUT2D eigenvalue weighted by Crippen LogP contribution is 2.31. The molecular weight excluding hydrogens is 1310 g/mol. The van der Waals surface area contributed by atoms with Gasteiger partial charge < -0.3 is 89.4 Å². The molecule has 0 saturated carbocycles. The van der Waals surface area contributed by atoms with E-state index in [0.29, 0.717) is 89.7 Å². The Morgan fingerprint density at radius 3 is 2.00 bits per heavy atom. The van der Waals surface area contributed by atoms with Crippen molar-refractivity contribution in [3.05, 3.63) is 82.9 Å². The zero-order valence-electron chi connectivity index (χ0n) is 55.5. The van der Waals surface area contributed by atoms with Crippen molar-refractivity contribution in [3.8, 4) is 5.75 Å². The molecule has 5 aliphatic rings.